The minimum absolute atomic E-state index is 0. The van der Waals surface area contributed by atoms with Gasteiger partial charge in [0, 0.05) is 32.7 Å². The molecule has 0 aromatic rings. The molecular weight excluding hydrogens is 317 g/mol. The molecule has 0 nitrogen and oxygen atoms in total. The molecule has 0 N–H and O–H groups in total. The molecule has 0 aromatic heterocycles. The Hall–Kier alpha value is 1.10. The number of hydrogen-bond acceptors (Lipinski definition) is 0. The van der Waals surface area contributed by atoms with Crippen LogP contribution in [0.25, 0.3) is 0 Å². The Morgan fingerprint density at radius 3 is 2.05 bits per heavy atom. The van der Waals surface area contributed by atoms with Crippen molar-refractivity contribution in [1.82, 2.24) is 0 Å². The van der Waals surface area contributed by atoms with E-state index in [0.29, 0.717) is 0 Å². The first kappa shape index (κ1) is 19.2. The zero-order chi connectivity index (χ0) is 13.5. The second kappa shape index (κ2) is 10.8. The Morgan fingerprint density at radius 1 is 0.750 bits per heavy atom. The molecule has 3 aliphatic carbocycles. The molecule has 0 bridgehead atoms. The average Bonchev–Trinajstić information content (AvgIpc) is 2.84. The fraction of sp³-hybridized carbons (Fsp3) is 0.895. The molecule has 0 spiro atoms. The molecule has 3 atom stereocenters. The summed E-state index contributed by atoms with van der Waals surface area (Å²) in [5.74, 6) is 3.95. The van der Waals surface area contributed by atoms with Crippen molar-refractivity contribution >= 4 is 0 Å². The van der Waals surface area contributed by atoms with Crippen LogP contribution in [0.2, 0.25) is 0 Å². The fourth-order valence-corrected chi connectivity index (χ4v) is 4.62. The maximum atomic E-state index is 4.22. The van der Waals surface area contributed by atoms with Crippen LogP contribution in [-0.4, -0.2) is 0 Å². The summed E-state index contributed by atoms with van der Waals surface area (Å²) >= 11 is 0. The van der Waals surface area contributed by atoms with Gasteiger partial charge in [-0.3, -0.25) is 0 Å². The smallest absolute Gasteiger partial charge is 0 e. The summed E-state index contributed by atoms with van der Waals surface area (Å²) in [6.07, 6.45) is 18.8. The van der Waals surface area contributed by atoms with Gasteiger partial charge in [0.15, 0.2) is 0 Å². The van der Waals surface area contributed by atoms with Crippen molar-refractivity contribution in [3.05, 3.63) is 13.8 Å². The van der Waals surface area contributed by atoms with Crippen LogP contribution in [0.1, 0.15) is 83.5 Å². The minimum Gasteiger partial charge on any atom is -0.343 e. The van der Waals surface area contributed by atoms with Gasteiger partial charge in [-0.2, -0.15) is 12.3 Å². The van der Waals surface area contributed by atoms with Gasteiger partial charge in [0.25, 0.3) is 0 Å². The van der Waals surface area contributed by atoms with E-state index in [4.69, 9.17) is 0 Å². The third-order valence-corrected chi connectivity index (χ3v) is 5.82. The van der Waals surface area contributed by atoms with Gasteiger partial charge in [-0.1, -0.05) is 83.0 Å². The normalized spacial score (nSPS) is 33.6. The number of fused-ring (bicyclic) bond motifs is 1. The van der Waals surface area contributed by atoms with Crippen molar-refractivity contribution in [2.45, 2.75) is 83.5 Å². The molecule has 1 radical (unpaired) electrons. The van der Waals surface area contributed by atoms with Gasteiger partial charge < -0.3 is 13.8 Å². The summed E-state index contributed by atoms with van der Waals surface area (Å²) in [5, 5.41) is 0. The van der Waals surface area contributed by atoms with Crippen molar-refractivity contribution in [2.75, 3.05) is 0 Å². The Balaban J connectivity index is 0.000000192. The number of hydrogen-bond donors (Lipinski definition) is 0. The maximum absolute atomic E-state index is 4.22. The molecule has 3 rings (SSSR count). The van der Waals surface area contributed by atoms with E-state index in [9.17, 15) is 0 Å². The van der Waals surface area contributed by atoms with Crippen LogP contribution in [0.4, 0.5) is 0 Å². The van der Waals surface area contributed by atoms with Gasteiger partial charge >= 0.3 is 0 Å². The summed E-state index contributed by atoms with van der Waals surface area (Å²) in [5.41, 5.74) is 0. The predicted octanol–water partition coefficient (Wildman–Crippen LogP) is 6.22. The molecule has 115 valence electrons. The van der Waals surface area contributed by atoms with E-state index in [1.54, 1.807) is 0 Å². The van der Waals surface area contributed by atoms with Gasteiger partial charge in [0.1, 0.15) is 0 Å². The van der Waals surface area contributed by atoms with Gasteiger partial charge in [0.05, 0.1) is 0 Å². The topological polar surface area (TPSA) is 0 Å². The summed E-state index contributed by atoms with van der Waals surface area (Å²) in [4.78, 5) is 0. The second-order valence-electron chi connectivity index (χ2n) is 7.19. The molecule has 1 heteroatoms. The van der Waals surface area contributed by atoms with Crippen molar-refractivity contribution in [1.29, 1.82) is 0 Å². The van der Waals surface area contributed by atoms with E-state index >= 15 is 0 Å². The molecule has 0 amide bonds. The van der Waals surface area contributed by atoms with Crippen LogP contribution in [0.15, 0.2) is 0 Å². The van der Waals surface area contributed by atoms with E-state index in [1.807, 2.05) is 0 Å². The van der Waals surface area contributed by atoms with Gasteiger partial charge in [-0.05, 0) is 11.8 Å². The van der Waals surface area contributed by atoms with Crippen LogP contribution in [0.5, 0.6) is 0 Å². The predicted molar refractivity (Wildman–Crippen MR) is 84.7 cm³/mol. The third-order valence-electron chi connectivity index (χ3n) is 5.82. The van der Waals surface area contributed by atoms with Crippen molar-refractivity contribution < 1.29 is 32.7 Å². The fourth-order valence-electron chi connectivity index (χ4n) is 4.62. The molecule has 3 aliphatic rings. The molecule has 3 unspecified atom stereocenters. The zero-order valence-electron chi connectivity index (χ0n) is 13.5. The molecule has 3 fully saturated rings. The Kier molecular flexibility index (Phi) is 10.3. The second-order valence-corrected chi connectivity index (χ2v) is 7.19. The largest absolute Gasteiger partial charge is 0.343 e. The third kappa shape index (κ3) is 6.08. The Morgan fingerprint density at radius 2 is 1.40 bits per heavy atom. The van der Waals surface area contributed by atoms with Crippen molar-refractivity contribution in [3.8, 4) is 0 Å². The van der Waals surface area contributed by atoms with Crippen molar-refractivity contribution in [2.24, 2.45) is 23.7 Å². The average molecular weight is 351 g/mol. The standard InChI is InChI=1S/C10H17.C9H17.Y/c1-8-6-7-9-4-2-3-5-10(8)9;1-2-6-9-7-4-3-5-8-9;/h8-10H,1-7H2;9H,1-8H2;/q2*-1;. The van der Waals surface area contributed by atoms with E-state index in [1.165, 1.54) is 77.0 Å². The van der Waals surface area contributed by atoms with E-state index in [2.05, 4.69) is 13.8 Å². The molecule has 0 heterocycles. The van der Waals surface area contributed by atoms with Crippen LogP contribution in [-0.2, 0) is 32.7 Å². The van der Waals surface area contributed by atoms with Gasteiger partial charge in [-0.15, -0.1) is 0 Å². The minimum atomic E-state index is 0. The maximum Gasteiger partial charge on any atom is 0 e. The summed E-state index contributed by atoms with van der Waals surface area (Å²) in [7, 11) is 0. The summed E-state index contributed by atoms with van der Waals surface area (Å²) in [6, 6.07) is 0. The van der Waals surface area contributed by atoms with Crippen LogP contribution >= 0.6 is 0 Å². The monoisotopic (exact) mass is 351 g/mol. The summed E-state index contributed by atoms with van der Waals surface area (Å²) < 4.78 is 0. The molecule has 0 saturated heterocycles. The first-order valence-electron chi connectivity index (χ1n) is 8.93. The quantitative estimate of drug-likeness (QED) is 0.519. The van der Waals surface area contributed by atoms with Crippen LogP contribution < -0.4 is 0 Å². The zero-order valence-corrected chi connectivity index (χ0v) is 16.3. The molecule has 3 saturated carbocycles. The van der Waals surface area contributed by atoms with Crippen LogP contribution in [0, 0.1) is 37.5 Å². The van der Waals surface area contributed by atoms with Crippen molar-refractivity contribution in [3.63, 3.8) is 0 Å². The Labute approximate surface area is 153 Å². The molecule has 0 aromatic carbocycles. The van der Waals surface area contributed by atoms with E-state index < -0.39 is 0 Å². The van der Waals surface area contributed by atoms with E-state index in [-0.39, 0.29) is 32.7 Å². The first-order valence-corrected chi connectivity index (χ1v) is 8.93. The molecule has 0 aliphatic heterocycles. The van der Waals surface area contributed by atoms with Crippen LogP contribution in [0.3, 0.4) is 0 Å². The Bertz CT molecular complexity index is 227. The van der Waals surface area contributed by atoms with Gasteiger partial charge in [0.2, 0.25) is 0 Å². The summed E-state index contributed by atoms with van der Waals surface area (Å²) in [6.45, 7) is 8.10. The SMILES string of the molecule is [CH2-]C1CCC2CCCCC12.[CH2-]CCC1CCCCC1.[Y]. The molecule has 20 heavy (non-hydrogen) atoms. The first-order chi connectivity index (χ1) is 9.31. The number of rotatable bonds is 2. The van der Waals surface area contributed by atoms with Gasteiger partial charge in [-0.25, -0.2) is 0 Å². The van der Waals surface area contributed by atoms with E-state index in [0.717, 1.165) is 30.1 Å². The molecular formula is C19H34Y-2.